The maximum atomic E-state index is 5.55. The second-order valence-corrected chi connectivity index (χ2v) is 3.59. The van der Waals surface area contributed by atoms with Gasteiger partial charge in [0, 0.05) is 12.7 Å². The van der Waals surface area contributed by atoms with E-state index in [0.717, 1.165) is 11.3 Å². The van der Waals surface area contributed by atoms with Crippen molar-refractivity contribution in [3.63, 3.8) is 0 Å². The zero-order valence-corrected chi connectivity index (χ0v) is 10.3. The van der Waals surface area contributed by atoms with Crippen molar-refractivity contribution in [3.05, 3.63) is 29.8 Å². The van der Waals surface area contributed by atoms with Crippen molar-refractivity contribution in [2.24, 2.45) is 0 Å². The maximum absolute atomic E-state index is 5.55. The molecule has 1 unspecified atom stereocenters. The minimum absolute atomic E-state index is 0.0811. The predicted octanol–water partition coefficient (Wildman–Crippen LogP) is 2.69. The first kappa shape index (κ1) is 12.9. The summed E-state index contributed by atoms with van der Waals surface area (Å²) in [6.45, 7) is 2.49. The van der Waals surface area contributed by atoms with Gasteiger partial charge in [0.15, 0.2) is 0 Å². The van der Waals surface area contributed by atoms with Crippen molar-refractivity contribution in [1.29, 1.82) is 0 Å². The van der Waals surface area contributed by atoms with Gasteiger partial charge in [0.2, 0.25) is 0 Å². The van der Waals surface area contributed by atoms with E-state index in [2.05, 4.69) is 11.8 Å². The lowest BCUT2D eigenvalue weighted by molar-refractivity contribution is 0.0716. The minimum Gasteiger partial charge on any atom is -0.491 e. The van der Waals surface area contributed by atoms with Crippen molar-refractivity contribution in [1.82, 2.24) is 0 Å². The lowest BCUT2D eigenvalue weighted by atomic mass is 10.2. The summed E-state index contributed by atoms with van der Waals surface area (Å²) in [7, 11) is 1.66. The molecule has 2 nitrogen and oxygen atoms in total. The summed E-state index contributed by atoms with van der Waals surface area (Å²) in [6.07, 6.45) is 0.0811. The van der Waals surface area contributed by atoms with E-state index in [1.165, 1.54) is 0 Å². The van der Waals surface area contributed by atoms with Crippen LogP contribution < -0.4 is 4.74 Å². The number of hydrogen-bond donors (Lipinski definition) is 0. The molecule has 0 aliphatic carbocycles. The van der Waals surface area contributed by atoms with E-state index in [-0.39, 0.29) is 6.10 Å². The fourth-order valence-electron chi connectivity index (χ4n) is 1.08. The highest BCUT2D eigenvalue weighted by molar-refractivity contribution is 6.19. The highest BCUT2D eigenvalue weighted by Gasteiger charge is 2.00. The zero-order chi connectivity index (χ0) is 11.8. The largest absolute Gasteiger partial charge is 0.491 e. The van der Waals surface area contributed by atoms with Gasteiger partial charge >= 0.3 is 0 Å². The number of hydrogen-bond acceptors (Lipinski definition) is 2. The first-order valence-electron chi connectivity index (χ1n) is 5.06. The Morgan fingerprint density at radius 2 is 2.25 bits per heavy atom. The molecule has 16 heavy (non-hydrogen) atoms. The second-order valence-electron chi connectivity index (χ2n) is 3.32. The van der Waals surface area contributed by atoms with Crippen molar-refractivity contribution >= 4 is 11.6 Å². The highest BCUT2D eigenvalue weighted by Crippen LogP contribution is 2.13. The van der Waals surface area contributed by atoms with Gasteiger partial charge in [-0.3, -0.25) is 0 Å². The summed E-state index contributed by atoms with van der Waals surface area (Å²) >= 11 is 5.49. The van der Waals surface area contributed by atoms with Gasteiger partial charge in [0.1, 0.15) is 12.4 Å². The molecular formula is C13H15ClO2. The Balaban J connectivity index is 2.60. The van der Waals surface area contributed by atoms with Crippen LogP contribution in [0.15, 0.2) is 24.3 Å². The molecule has 0 fully saturated rings. The molecule has 0 amide bonds. The summed E-state index contributed by atoms with van der Waals surface area (Å²) in [4.78, 5) is 0. The van der Waals surface area contributed by atoms with Crippen LogP contribution >= 0.6 is 11.6 Å². The normalized spacial score (nSPS) is 11.4. The third-order valence-corrected chi connectivity index (χ3v) is 2.15. The maximum Gasteiger partial charge on any atom is 0.120 e. The van der Waals surface area contributed by atoms with Gasteiger partial charge in [0.05, 0.1) is 12.0 Å². The van der Waals surface area contributed by atoms with E-state index < -0.39 is 0 Å². The standard InChI is InChI=1S/C13H15ClO2/c1-11(15-2)10-16-13-7-3-5-12(9-13)6-4-8-14/h3,5,7,9,11H,8,10H2,1-2H3. The molecule has 0 bridgehead atoms. The van der Waals surface area contributed by atoms with Gasteiger partial charge in [0.25, 0.3) is 0 Å². The minimum atomic E-state index is 0.0811. The van der Waals surface area contributed by atoms with Crippen LogP contribution in [-0.2, 0) is 4.74 Å². The number of halogens is 1. The van der Waals surface area contributed by atoms with Crippen LogP contribution in [0, 0.1) is 11.8 Å². The van der Waals surface area contributed by atoms with Crippen LogP contribution in [-0.4, -0.2) is 25.7 Å². The molecule has 0 saturated carbocycles. The van der Waals surface area contributed by atoms with Gasteiger partial charge < -0.3 is 9.47 Å². The molecule has 0 spiro atoms. The Kier molecular flexibility index (Phi) is 5.77. The summed E-state index contributed by atoms with van der Waals surface area (Å²) in [5, 5.41) is 0. The molecule has 0 aliphatic heterocycles. The molecule has 1 atom stereocenters. The third kappa shape index (κ3) is 4.57. The molecular weight excluding hydrogens is 224 g/mol. The topological polar surface area (TPSA) is 18.5 Å². The first-order valence-corrected chi connectivity index (χ1v) is 5.60. The molecule has 3 heteroatoms. The first-order chi connectivity index (χ1) is 7.76. The van der Waals surface area contributed by atoms with Crippen LogP contribution in [0.4, 0.5) is 0 Å². The Labute approximate surface area is 102 Å². The van der Waals surface area contributed by atoms with Crippen molar-refractivity contribution in [3.8, 4) is 17.6 Å². The fraction of sp³-hybridized carbons (Fsp3) is 0.385. The molecule has 0 saturated heterocycles. The highest BCUT2D eigenvalue weighted by atomic mass is 35.5. The van der Waals surface area contributed by atoms with Gasteiger partial charge in [-0.2, -0.15) is 0 Å². The lowest BCUT2D eigenvalue weighted by Crippen LogP contribution is -2.15. The van der Waals surface area contributed by atoms with E-state index in [4.69, 9.17) is 21.1 Å². The monoisotopic (exact) mass is 238 g/mol. The van der Waals surface area contributed by atoms with E-state index in [0.29, 0.717) is 12.5 Å². The van der Waals surface area contributed by atoms with Crippen LogP contribution in [0.25, 0.3) is 0 Å². The molecule has 1 aromatic rings. The zero-order valence-electron chi connectivity index (χ0n) is 9.50. The molecule has 86 valence electrons. The average Bonchev–Trinajstić information content (AvgIpc) is 2.34. The number of benzene rings is 1. The average molecular weight is 239 g/mol. The van der Waals surface area contributed by atoms with Crippen LogP contribution in [0.3, 0.4) is 0 Å². The van der Waals surface area contributed by atoms with Gasteiger partial charge in [-0.05, 0) is 25.1 Å². The quantitative estimate of drug-likeness (QED) is 0.593. The Hall–Kier alpha value is -1.17. The Bertz CT molecular complexity index is 379. The predicted molar refractivity (Wildman–Crippen MR) is 66.0 cm³/mol. The second kappa shape index (κ2) is 7.16. The summed E-state index contributed by atoms with van der Waals surface area (Å²) in [5.41, 5.74) is 0.906. The summed E-state index contributed by atoms with van der Waals surface area (Å²) in [6, 6.07) is 7.62. The van der Waals surface area contributed by atoms with Crippen LogP contribution in [0.5, 0.6) is 5.75 Å². The number of ether oxygens (including phenoxy) is 2. The molecule has 0 heterocycles. The van der Waals surface area contributed by atoms with Gasteiger partial charge in [-0.25, -0.2) is 0 Å². The molecule has 1 rings (SSSR count). The van der Waals surface area contributed by atoms with Crippen molar-refractivity contribution in [2.45, 2.75) is 13.0 Å². The third-order valence-electron chi connectivity index (χ3n) is 2.02. The van der Waals surface area contributed by atoms with Gasteiger partial charge in [-0.1, -0.05) is 17.9 Å². The fourth-order valence-corrected chi connectivity index (χ4v) is 1.15. The van der Waals surface area contributed by atoms with E-state index >= 15 is 0 Å². The molecule has 0 N–H and O–H groups in total. The smallest absolute Gasteiger partial charge is 0.120 e. The summed E-state index contributed by atoms with van der Waals surface area (Å²) in [5.74, 6) is 6.88. The van der Waals surface area contributed by atoms with Crippen LogP contribution in [0.2, 0.25) is 0 Å². The van der Waals surface area contributed by atoms with E-state index in [9.17, 15) is 0 Å². The van der Waals surface area contributed by atoms with E-state index in [1.54, 1.807) is 7.11 Å². The SMILES string of the molecule is COC(C)COc1cccc(C#CCCl)c1. The molecule has 0 radical (unpaired) electrons. The number of alkyl halides is 1. The Morgan fingerprint density at radius 3 is 2.94 bits per heavy atom. The van der Waals surface area contributed by atoms with Crippen LogP contribution in [0.1, 0.15) is 12.5 Å². The molecule has 0 aromatic heterocycles. The Morgan fingerprint density at radius 1 is 1.44 bits per heavy atom. The van der Waals surface area contributed by atoms with Gasteiger partial charge in [-0.15, -0.1) is 11.6 Å². The molecule has 1 aromatic carbocycles. The number of rotatable bonds is 4. The number of methoxy groups -OCH3 is 1. The lowest BCUT2D eigenvalue weighted by Gasteiger charge is -2.11. The molecule has 0 aliphatic rings. The van der Waals surface area contributed by atoms with Crippen molar-refractivity contribution < 1.29 is 9.47 Å². The summed E-state index contributed by atoms with van der Waals surface area (Å²) < 4.78 is 10.7. The van der Waals surface area contributed by atoms with E-state index in [1.807, 2.05) is 31.2 Å². The van der Waals surface area contributed by atoms with Crippen molar-refractivity contribution in [2.75, 3.05) is 19.6 Å².